The van der Waals surface area contributed by atoms with Crippen LogP contribution in [0.5, 0.6) is 0 Å². The van der Waals surface area contributed by atoms with Crippen molar-refractivity contribution < 1.29 is 4.74 Å². The third-order valence-electron chi connectivity index (χ3n) is 4.50. The number of ether oxygens (including phenoxy) is 1. The van der Waals surface area contributed by atoms with Gasteiger partial charge in [0.1, 0.15) is 11.6 Å². The lowest BCUT2D eigenvalue weighted by atomic mass is 9.89. The van der Waals surface area contributed by atoms with Gasteiger partial charge >= 0.3 is 0 Å². The smallest absolute Gasteiger partial charge is 0.129 e. The molecule has 0 amide bonds. The summed E-state index contributed by atoms with van der Waals surface area (Å²) in [5.74, 6) is 3.12. The maximum absolute atomic E-state index is 5.47. The Labute approximate surface area is 121 Å². The van der Waals surface area contributed by atoms with Gasteiger partial charge < -0.3 is 10.1 Å². The fraction of sp³-hybridized carbons (Fsp3) is 0.750. The van der Waals surface area contributed by atoms with Crippen LogP contribution in [-0.2, 0) is 4.74 Å². The highest BCUT2D eigenvalue weighted by atomic mass is 16.5. The number of rotatable bonds is 4. The number of nitrogens with one attached hydrogen (secondary N) is 1. The monoisotopic (exact) mass is 275 g/mol. The van der Waals surface area contributed by atoms with Crippen LogP contribution in [0, 0.1) is 12.8 Å². The van der Waals surface area contributed by atoms with Crippen molar-refractivity contribution in [2.24, 2.45) is 5.92 Å². The third-order valence-corrected chi connectivity index (χ3v) is 4.50. The minimum atomic E-state index is 0.451. The predicted molar refractivity (Wildman–Crippen MR) is 80.0 cm³/mol. The lowest BCUT2D eigenvalue weighted by Gasteiger charge is -2.22. The molecule has 2 heterocycles. The van der Waals surface area contributed by atoms with E-state index in [1.807, 2.05) is 6.92 Å². The van der Waals surface area contributed by atoms with Crippen LogP contribution in [0.2, 0.25) is 0 Å². The van der Waals surface area contributed by atoms with E-state index >= 15 is 0 Å². The van der Waals surface area contributed by atoms with E-state index in [1.54, 1.807) is 0 Å². The molecule has 0 spiro atoms. The van der Waals surface area contributed by atoms with Gasteiger partial charge in [-0.1, -0.05) is 19.3 Å². The van der Waals surface area contributed by atoms with Crippen LogP contribution >= 0.6 is 0 Å². The fourth-order valence-corrected chi connectivity index (χ4v) is 3.30. The Morgan fingerprint density at radius 1 is 1.20 bits per heavy atom. The highest BCUT2D eigenvalue weighted by Crippen LogP contribution is 2.26. The van der Waals surface area contributed by atoms with E-state index in [2.05, 4.69) is 21.4 Å². The van der Waals surface area contributed by atoms with E-state index in [9.17, 15) is 0 Å². The van der Waals surface area contributed by atoms with Crippen molar-refractivity contribution in [3.8, 4) is 0 Å². The summed E-state index contributed by atoms with van der Waals surface area (Å²) in [6, 6.07) is 2.12. The zero-order chi connectivity index (χ0) is 13.8. The summed E-state index contributed by atoms with van der Waals surface area (Å²) in [6.45, 7) is 4.69. The van der Waals surface area contributed by atoms with Gasteiger partial charge in [0, 0.05) is 25.1 Å². The summed E-state index contributed by atoms with van der Waals surface area (Å²) in [5, 5.41) is 3.53. The SMILES string of the molecule is Cc1nc(NCC2CCCCC2)cc([C@@H]2CCOC2)n1. The normalized spacial score (nSPS) is 23.9. The first-order chi connectivity index (χ1) is 9.81. The topological polar surface area (TPSA) is 47.0 Å². The van der Waals surface area contributed by atoms with E-state index in [4.69, 9.17) is 4.74 Å². The molecule has 4 nitrogen and oxygen atoms in total. The van der Waals surface area contributed by atoms with E-state index < -0.39 is 0 Å². The number of anilines is 1. The molecule has 1 aromatic rings. The van der Waals surface area contributed by atoms with E-state index in [1.165, 1.54) is 32.1 Å². The zero-order valence-corrected chi connectivity index (χ0v) is 12.4. The van der Waals surface area contributed by atoms with Gasteiger partial charge in [-0.15, -0.1) is 0 Å². The van der Waals surface area contributed by atoms with Crippen LogP contribution in [0.4, 0.5) is 5.82 Å². The summed E-state index contributed by atoms with van der Waals surface area (Å²) in [4.78, 5) is 9.11. The Bertz CT molecular complexity index is 437. The first-order valence-corrected chi connectivity index (χ1v) is 7.98. The number of nitrogens with zero attached hydrogens (tertiary/aromatic N) is 2. The average molecular weight is 275 g/mol. The Hall–Kier alpha value is -1.16. The van der Waals surface area contributed by atoms with E-state index in [0.717, 1.165) is 49.4 Å². The van der Waals surface area contributed by atoms with Gasteiger partial charge in [-0.2, -0.15) is 0 Å². The van der Waals surface area contributed by atoms with Crippen molar-refractivity contribution in [2.75, 3.05) is 25.1 Å². The van der Waals surface area contributed by atoms with Gasteiger partial charge in [0.2, 0.25) is 0 Å². The van der Waals surface area contributed by atoms with Crippen molar-refractivity contribution in [3.05, 3.63) is 17.6 Å². The third kappa shape index (κ3) is 3.48. The molecule has 1 saturated heterocycles. The molecule has 0 radical (unpaired) electrons. The predicted octanol–water partition coefficient (Wildman–Crippen LogP) is 3.28. The number of aromatic nitrogens is 2. The van der Waals surface area contributed by atoms with Crippen LogP contribution in [0.3, 0.4) is 0 Å². The molecule has 0 bridgehead atoms. The van der Waals surface area contributed by atoms with Gasteiger partial charge in [0.15, 0.2) is 0 Å². The zero-order valence-electron chi connectivity index (χ0n) is 12.4. The number of hydrogen-bond acceptors (Lipinski definition) is 4. The maximum Gasteiger partial charge on any atom is 0.129 e. The second-order valence-corrected chi connectivity index (χ2v) is 6.17. The summed E-state index contributed by atoms with van der Waals surface area (Å²) >= 11 is 0. The quantitative estimate of drug-likeness (QED) is 0.916. The van der Waals surface area contributed by atoms with Crippen LogP contribution < -0.4 is 5.32 Å². The number of aryl methyl sites for hydroxylation is 1. The first-order valence-electron chi connectivity index (χ1n) is 7.98. The number of hydrogen-bond donors (Lipinski definition) is 1. The highest BCUT2D eigenvalue weighted by molar-refractivity contribution is 5.37. The van der Waals surface area contributed by atoms with Gasteiger partial charge in [0.05, 0.1) is 12.3 Å². The molecule has 4 heteroatoms. The van der Waals surface area contributed by atoms with Crippen molar-refractivity contribution in [1.82, 2.24) is 9.97 Å². The van der Waals surface area contributed by atoms with E-state index in [-0.39, 0.29) is 0 Å². The van der Waals surface area contributed by atoms with Crippen LogP contribution in [0.1, 0.15) is 56.0 Å². The highest BCUT2D eigenvalue weighted by Gasteiger charge is 2.20. The second-order valence-electron chi connectivity index (χ2n) is 6.17. The van der Waals surface area contributed by atoms with Crippen molar-refractivity contribution in [1.29, 1.82) is 0 Å². The summed E-state index contributed by atoms with van der Waals surface area (Å²) < 4.78 is 5.47. The molecule has 1 aromatic heterocycles. The summed E-state index contributed by atoms with van der Waals surface area (Å²) in [5.41, 5.74) is 1.14. The Morgan fingerprint density at radius 2 is 2.05 bits per heavy atom. The van der Waals surface area contributed by atoms with Crippen molar-refractivity contribution in [2.45, 2.75) is 51.4 Å². The van der Waals surface area contributed by atoms with Crippen molar-refractivity contribution >= 4 is 5.82 Å². The van der Waals surface area contributed by atoms with E-state index in [0.29, 0.717) is 5.92 Å². The van der Waals surface area contributed by atoms with Gasteiger partial charge in [-0.25, -0.2) is 9.97 Å². The molecule has 3 rings (SSSR count). The Balaban J connectivity index is 1.63. The van der Waals surface area contributed by atoms with Crippen LogP contribution in [-0.4, -0.2) is 29.7 Å². The average Bonchev–Trinajstić information content (AvgIpc) is 3.00. The minimum absolute atomic E-state index is 0.451. The molecule has 2 fully saturated rings. The molecule has 1 aliphatic heterocycles. The van der Waals surface area contributed by atoms with Crippen LogP contribution in [0.15, 0.2) is 6.07 Å². The fourth-order valence-electron chi connectivity index (χ4n) is 3.30. The molecule has 20 heavy (non-hydrogen) atoms. The molecular weight excluding hydrogens is 250 g/mol. The lowest BCUT2D eigenvalue weighted by molar-refractivity contribution is 0.193. The molecule has 2 aliphatic rings. The molecule has 0 aromatic carbocycles. The Kier molecular flexibility index (Phi) is 4.51. The molecule has 0 unspecified atom stereocenters. The van der Waals surface area contributed by atoms with Gasteiger partial charge in [0.25, 0.3) is 0 Å². The van der Waals surface area contributed by atoms with Crippen LogP contribution in [0.25, 0.3) is 0 Å². The lowest BCUT2D eigenvalue weighted by Crippen LogP contribution is -2.18. The largest absolute Gasteiger partial charge is 0.381 e. The molecule has 1 aliphatic carbocycles. The van der Waals surface area contributed by atoms with Crippen molar-refractivity contribution in [3.63, 3.8) is 0 Å². The summed E-state index contributed by atoms with van der Waals surface area (Å²) in [7, 11) is 0. The molecular formula is C16H25N3O. The molecule has 1 N–H and O–H groups in total. The molecule has 1 saturated carbocycles. The first kappa shape index (κ1) is 13.8. The minimum Gasteiger partial charge on any atom is -0.381 e. The summed E-state index contributed by atoms with van der Waals surface area (Å²) in [6.07, 6.45) is 7.99. The second kappa shape index (κ2) is 6.53. The van der Waals surface area contributed by atoms with Gasteiger partial charge in [-0.05, 0) is 32.1 Å². The molecule has 110 valence electrons. The van der Waals surface area contributed by atoms with Gasteiger partial charge in [-0.3, -0.25) is 0 Å². The molecule has 1 atom stereocenters. The maximum atomic E-state index is 5.47. The standard InChI is InChI=1S/C16H25N3O/c1-12-18-15(14-7-8-20-11-14)9-16(19-12)17-10-13-5-3-2-4-6-13/h9,13-14H,2-8,10-11H2,1H3,(H,17,18,19)/t14-/m1/s1. The Morgan fingerprint density at radius 3 is 2.80 bits per heavy atom.